The third-order valence-electron chi connectivity index (χ3n) is 6.07. The van der Waals surface area contributed by atoms with Crippen molar-refractivity contribution >= 4 is 51.6 Å². The van der Waals surface area contributed by atoms with Crippen molar-refractivity contribution < 1.29 is 5.11 Å². The Morgan fingerprint density at radius 3 is 2.62 bits per heavy atom. The van der Waals surface area contributed by atoms with Gasteiger partial charge in [0.25, 0.3) is 0 Å². The van der Waals surface area contributed by atoms with Crippen molar-refractivity contribution in [2.45, 2.75) is 19.8 Å². The first-order valence-corrected chi connectivity index (χ1v) is 11.9. The number of hydrogen-bond acceptors (Lipinski definition) is 5. The van der Waals surface area contributed by atoms with Gasteiger partial charge in [0.1, 0.15) is 6.11 Å². The van der Waals surface area contributed by atoms with Gasteiger partial charge >= 0.3 is 0 Å². The Labute approximate surface area is 212 Å². The number of nitrogens with zero attached hydrogens (tertiary/aromatic N) is 4. The van der Waals surface area contributed by atoms with Crippen LogP contribution in [0.25, 0.3) is 5.03 Å². The van der Waals surface area contributed by atoms with Crippen LogP contribution in [0.3, 0.4) is 0 Å². The lowest BCUT2D eigenvalue weighted by Gasteiger charge is -2.34. The van der Waals surface area contributed by atoms with Gasteiger partial charge in [0.15, 0.2) is 0 Å². The van der Waals surface area contributed by atoms with Crippen LogP contribution in [0.4, 0.5) is 17.1 Å². The number of hydrogen-bond donors (Lipinski definition) is 2. The molecule has 3 rings (SSSR count). The van der Waals surface area contributed by atoms with Crippen LogP contribution in [-0.4, -0.2) is 56.6 Å². The Bertz CT molecular complexity index is 1130. The number of aliphatic imine (C=N–C) groups is 1. The minimum Gasteiger partial charge on any atom is -0.461 e. The van der Waals surface area contributed by atoms with Crippen LogP contribution in [0.5, 0.6) is 0 Å². The number of aliphatic hydroxyl groups excluding tert-OH is 1. The first-order chi connectivity index (χ1) is 16.3. The van der Waals surface area contributed by atoms with Gasteiger partial charge in [0.05, 0.1) is 23.8 Å². The summed E-state index contributed by atoms with van der Waals surface area (Å²) < 4.78 is 0. The molecule has 1 saturated heterocycles. The second-order valence-electron chi connectivity index (χ2n) is 8.42. The second kappa shape index (κ2) is 12.0. The molecule has 34 heavy (non-hydrogen) atoms. The van der Waals surface area contributed by atoms with Crippen LogP contribution in [0, 0.1) is 12.2 Å². The number of allylic oxidation sites excluding steroid dienone is 1. The molecule has 0 amide bonds. The van der Waals surface area contributed by atoms with Gasteiger partial charge in [-0.2, -0.15) is 0 Å². The van der Waals surface area contributed by atoms with E-state index in [-0.39, 0.29) is 0 Å². The van der Waals surface area contributed by atoms with Crippen LogP contribution in [0.1, 0.15) is 24.5 Å². The van der Waals surface area contributed by atoms with Gasteiger partial charge in [0.2, 0.25) is 0 Å². The van der Waals surface area contributed by atoms with Crippen LogP contribution in [0.15, 0.2) is 47.0 Å². The number of halogens is 2. The van der Waals surface area contributed by atoms with E-state index in [0.717, 1.165) is 67.1 Å². The van der Waals surface area contributed by atoms with Gasteiger partial charge in [-0.1, -0.05) is 34.8 Å². The molecule has 0 saturated carbocycles. The molecule has 0 aliphatic carbocycles. The van der Waals surface area contributed by atoms with E-state index in [2.05, 4.69) is 46.1 Å². The minimum absolute atomic E-state index is 0.578. The maximum absolute atomic E-state index is 8.99. The van der Waals surface area contributed by atoms with Gasteiger partial charge in [0, 0.05) is 54.5 Å². The second-order valence-corrected chi connectivity index (χ2v) is 9.23. The highest BCUT2D eigenvalue weighted by atomic mass is 35.5. The predicted octanol–water partition coefficient (Wildman–Crippen LogP) is 5.04. The Hall–Kier alpha value is -2.85. The Morgan fingerprint density at radius 1 is 1.21 bits per heavy atom. The fourth-order valence-corrected chi connectivity index (χ4v) is 4.42. The van der Waals surface area contributed by atoms with E-state index in [9.17, 15) is 0 Å². The number of anilines is 2. The van der Waals surface area contributed by atoms with Crippen molar-refractivity contribution in [2.75, 3.05) is 50.1 Å². The summed E-state index contributed by atoms with van der Waals surface area (Å²) in [6.07, 6.45) is 4.77. The lowest BCUT2D eigenvalue weighted by Crippen LogP contribution is -2.44. The highest BCUT2D eigenvalue weighted by Crippen LogP contribution is 2.35. The SMILES string of the molecule is C/C(CCc1ccc(N2CCN(C)CC2)cc1N=CN)=C(/Cl)c1cc(Cl)ccc1N(C)C#CO. The summed E-state index contributed by atoms with van der Waals surface area (Å²) >= 11 is 13.1. The highest BCUT2D eigenvalue weighted by molar-refractivity contribution is 6.50. The molecule has 1 aliphatic heterocycles. The molecular formula is C26H31Cl2N5O. The zero-order valence-electron chi connectivity index (χ0n) is 19.9. The molecule has 2 aromatic carbocycles. The van der Waals surface area contributed by atoms with Gasteiger partial charge in [-0.05, 0) is 62.7 Å². The van der Waals surface area contributed by atoms with Crippen LogP contribution in [0.2, 0.25) is 5.02 Å². The van der Waals surface area contributed by atoms with E-state index < -0.39 is 0 Å². The van der Waals surface area contributed by atoms with Crippen molar-refractivity contribution in [3.63, 3.8) is 0 Å². The highest BCUT2D eigenvalue weighted by Gasteiger charge is 2.16. The van der Waals surface area contributed by atoms with E-state index in [4.69, 9.17) is 34.0 Å². The molecule has 0 radical (unpaired) electrons. The molecule has 1 heterocycles. The fourth-order valence-electron chi connectivity index (χ4n) is 4.00. The van der Waals surface area contributed by atoms with Crippen molar-refractivity contribution in [1.29, 1.82) is 0 Å². The summed E-state index contributed by atoms with van der Waals surface area (Å²) in [5.74, 6) is 0. The number of aryl methyl sites for hydroxylation is 1. The predicted molar refractivity (Wildman–Crippen MR) is 145 cm³/mol. The maximum Gasteiger partial charge on any atom is 0.131 e. The van der Waals surface area contributed by atoms with Crippen LogP contribution in [-0.2, 0) is 6.42 Å². The zero-order valence-corrected chi connectivity index (χ0v) is 21.4. The summed E-state index contributed by atoms with van der Waals surface area (Å²) in [5, 5.41) is 10.2. The molecule has 0 bridgehead atoms. The zero-order chi connectivity index (χ0) is 24.7. The molecule has 2 aromatic rings. The standard InChI is InChI=1S/C26H31Cl2N5O/c1-19(26(28)23-16-21(27)7-9-25(23)32(3)14-15-34)4-5-20-6-8-22(17-24(20)30-18-29)33-12-10-31(2)11-13-33/h6-9,16-18,34H,4-5,10-13H2,1-3H3,(H2,29,30)/b26-19-. The molecule has 0 aromatic heterocycles. The molecular weight excluding hydrogens is 469 g/mol. The summed E-state index contributed by atoms with van der Waals surface area (Å²) in [5.41, 5.74) is 11.4. The quantitative estimate of drug-likeness (QED) is 0.241. The topological polar surface area (TPSA) is 68.3 Å². The molecule has 1 fully saturated rings. The summed E-state index contributed by atoms with van der Waals surface area (Å²) in [6.45, 7) is 6.09. The molecule has 3 N–H and O–H groups in total. The van der Waals surface area contributed by atoms with E-state index in [1.807, 2.05) is 25.2 Å². The number of piperazine rings is 1. The monoisotopic (exact) mass is 499 g/mol. The number of aliphatic hydroxyl groups is 1. The average Bonchev–Trinajstić information content (AvgIpc) is 2.83. The van der Waals surface area contributed by atoms with E-state index in [1.165, 1.54) is 12.0 Å². The number of nitrogens with two attached hydrogens (primary N) is 1. The Kier molecular flexibility index (Phi) is 9.12. The summed E-state index contributed by atoms with van der Waals surface area (Å²) in [6, 6.07) is 14.4. The normalized spacial score (nSPS) is 15.1. The van der Waals surface area contributed by atoms with Crippen molar-refractivity contribution in [1.82, 2.24) is 4.90 Å². The van der Waals surface area contributed by atoms with Gasteiger partial charge < -0.3 is 25.5 Å². The maximum atomic E-state index is 8.99. The van der Waals surface area contributed by atoms with E-state index in [0.29, 0.717) is 10.1 Å². The number of benzene rings is 2. The van der Waals surface area contributed by atoms with E-state index in [1.54, 1.807) is 18.0 Å². The molecule has 1 aliphatic rings. The lowest BCUT2D eigenvalue weighted by molar-refractivity contribution is 0.313. The summed E-state index contributed by atoms with van der Waals surface area (Å²) in [7, 11) is 3.91. The first kappa shape index (κ1) is 25.8. The third kappa shape index (κ3) is 6.38. The van der Waals surface area contributed by atoms with Crippen LogP contribution < -0.4 is 15.5 Å². The number of rotatable bonds is 7. The minimum atomic E-state index is 0.578. The first-order valence-electron chi connectivity index (χ1n) is 11.2. The smallest absolute Gasteiger partial charge is 0.131 e. The van der Waals surface area contributed by atoms with Gasteiger partial charge in [-0.25, -0.2) is 4.99 Å². The van der Waals surface area contributed by atoms with Gasteiger partial charge in [-0.15, -0.1) is 0 Å². The lowest BCUT2D eigenvalue weighted by atomic mass is 10.0. The Balaban J connectivity index is 1.83. The fraction of sp³-hybridized carbons (Fsp3) is 0.346. The van der Waals surface area contributed by atoms with Crippen molar-refractivity contribution in [3.8, 4) is 12.2 Å². The average molecular weight is 500 g/mol. The largest absolute Gasteiger partial charge is 0.461 e. The van der Waals surface area contributed by atoms with Crippen molar-refractivity contribution in [2.24, 2.45) is 10.7 Å². The Morgan fingerprint density at radius 2 is 1.94 bits per heavy atom. The summed E-state index contributed by atoms with van der Waals surface area (Å²) in [4.78, 5) is 10.8. The van der Waals surface area contributed by atoms with Crippen LogP contribution >= 0.6 is 23.2 Å². The molecule has 8 heteroatoms. The molecule has 6 nitrogen and oxygen atoms in total. The molecule has 0 atom stereocenters. The molecule has 0 unspecified atom stereocenters. The number of likely N-dealkylation sites (N-methyl/N-ethyl adjacent to an activating group) is 1. The third-order valence-corrected chi connectivity index (χ3v) is 6.83. The molecule has 180 valence electrons. The molecule has 0 spiro atoms. The van der Waals surface area contributed by atoms with Crippen molar-refractivity contribution in [3.05, 3.63) is 58.1 Å². The van der Waals surface area contributed by atoms with E-state index >= 15 is 0 Å². The van der Waals surface area contributed by atoms with Gasteiger partial charge in [-0.3, -0.25) is 0 Å².